The molecule has 1 aromatic heterocycles. The Balaban J connectivity index is 2.60. The van der Waals surface area contributed by atoms with Gasteiger partial charge in [-0.05, 0) is 19.1 Å². The third-order valence-corrected chi connectivity index (χ3v) is 2.78. The quantitative estimate of drug-likeness (QED) is 0.804. The average molecular weight is 299 g/mol. The molecule has 2 rings (SSSR count). The summed E-state index contributed by atoms with van der Waals surface area (Å²) in [6.07, 6.45) is 0. The van der Waals surface area contributed by atoms with Crippen molar-refractivity contribution in [2.75, 3.05) is 13.7 Å². The second kappa shape index (κ2) is 6.08. The Hall–Kier alpha value is -1.52. The summed E-state index contributed by atoms with van der Waals surface area (Å²) in [5.41, 5.74) is 0.686. The Morgan fingerprint density at radius 2 is 1.84 bits per heavy atom. The predicted molar refractivity (Wildman–Crippen MR) is 75.2 cm³/mol. The van der Waals surface area contributed by atoms with Crippen molar-refractivity contribution in [2.45, 2.75) is 6.92 Å². The SMILES string of the molecule is CCOc1c(OC)cccc1-c1nc(Cl)cc(Cl)n1. The van der Waals surface area contributed by atoms with Crippen LogP contribution in [0, 0.1) is 0 Å². The first kappa shape index (κ1) is 13.9. The van der Waals surface area contributed by atoms with Crippen LogP contribution in [0.4, 0.5) is 0 Å². The van der Waals surface area contributed by atoms with E-state index in [0.29, 0.717) is 29.5 Å². The van der Waals surface area contributed by atoms with Gasteiger partial charge in [0.15, 0.2) is 17.3 Å². The minimum Gasteiger partial charge on any atom is -0.493 e. The molecule has 1 heterocycles. The van der Waals surface area contributed by atoms with E-state index < -0.39 is 0 Å². The summed E-state index contributed by atoms with van der Waals surface area (Å²) >= 11 is 11.8. The fourth-order valence-electron chi connectivity index (χ4n) is 1.66. The van der Waals surface area contributed by atoms with Gasteiger partial charge in [0.25, 0.3) is 0 Å². The van der Waals surface area contributed by atoms with Crippen LogP contribution >= 0.6 is 23.2 Å². The van der Waals surface area contributed by atoms with Gasteiger partial charge < -0.3 is 9.47 Å². The summed E-state index contributed by atoms with van der Waals surface area (Å²) in [5.74, 6) is 1.59. The van der Waals surface area contributed by atoms with E-state index in [1.54, 1.807) is 13.2 Å². The Morgan fingerprint density at radius 1 is 1.16 bits per heavy atom. The van der Waals surface area contributed by atoms with Crippen LogP contribution in [0.2, 0.25) is 10.3 Å². The lowest BCUT2D eigenvalue weighted by Gasteiger charge is -2.13. The molecule has 1 aromatic carbocycles. The van der Waals surface area contributed by atoms with E-state index in [4.69, 9.17) is 32.7 Å². The molecule has 0 aliphatic rings. The molecule has 0 amide bonds. The lowest BCUT2D eigenvalue weighted by atomic mass is 10.1. The molecule has 0 fully saturated rings. The zero-order chi connectivity index (χ0) is 13.8. The van der Waals surface area contributed by atoms with Crippen molar-refractivity contribution >= 4 is 23.2 Å². The molecular weight excluding hydrogens is 287 g/mol. The molecule has 19 heavy (non-hydrogen) atoms. The number of hydrogen-bond acceptors (Lipinski definition) is 4. The molecule has 0 atom stereocenters. The van der Waals surface area contributed by atoms with Crippen molar-refractivity contribution in [1.82, 2.24) is 9.97 Å². The largest absolute Gasteiger partial charge is 0.493 e. The standard InChI is InChI=1S/C13H12Cl2N2O2/c1-3-19-12-8(5-4-6-9(12)18-2)13-16-10(14)7-11(15)17-13/h4-7H,3H2,1-2H3. The summed E-state index contributed by atoms with van der Waals surface area (Å²) in [7, 11) is 1.58. The Kier molecular flexibility index (Phi) is 4.45. The Bertz CT molecular complexity index is 571. The van der Waals surface area contributed by atoms with Crippen molar-refractivity contribution in [3.05, 3.63) is 34.6 Å². The minimum atomic E-state index is 0.278. The van der Waals surface area contributed by atoms with Crippen molar-refractivity contribution in [1.29, 1.82) is 0 Å². The van der Waals surface area contributed by atoms with E-state index >= 15 is 0 Å². The molecule has 0 unspecified atom stereocenters. The molecule has 0 spiro atoms. The Labute approximate surface area is 121 Å². The topological polar surface area (TPSA) is 44.2 Å². The van der Waals surface area contributed by atoms with Crippen molar-refractivity contribution in [3.63, 3.8) is 0 Å². The first-order chi connectivity index (χ1) is 9.15. The summed E-state index contributed by atoms with van der Waals surface area (Å²) in [6, 6.07) is 6.94. The molecule has 0 aliphatic heterocycles. The summed E-state index contributed by atoms with van der Waals surface area (Å²) in [6.45, 7) is 2.39. The number of hydrogen-bond donors (Lipinski definition) is 0. The maximum absolute atomic E-state index is 5.90. The lowest BCUT2D eigenvalue weighted by Crippen LogP contribution is -1.99. The number of aromatic nitrogens is 2. The second-order valence-corrected chi connectivity index (χ2v) is 4.38. The van der Waals surface area contributed by atoms with Gasteiger partial charge in [0.05, 0.1) is 19.3 Å². The number of benzene rings is 1. The maximum atomic E-state index is 5.90. The van der Waals surface area contributed by atoms with Crippen LogP contribution in [0.1, 0.15) is 6.92 Å². The van der Waals surface area contributed by atoms with Crippen LogP contribution in [-0.4, -0.2) is 23.7 Å². The summed E-state index contributed by atoms with van der Waals surface area (Å²) in [5, 5.41) is 0.556. The average Bonchev–Trinajstić information content (AvgIpc) is 2.38. The van der Waals surface area contributed by atoms with E-state index in [1.807, 2.05) is 19.1 Å². The van der Waals surface area contributed by atoms with Gasteiger partial charge in [-0.3, -0.25) is 0 Å². The van der Waals surface area contributed by atoms with E-state index in [-0.39, 0.29) is 10.3 Å². The van der Waals surface area contributed by atoms with Gasteiger partial charge in [-0.15, -0.1) is 0 Å². The smallest absolute Gasteiger partial charge is 0.172 e. The fourth-order valence-corrected chi connectivity index (χ4v) is 2.08. The van der Waals surface area contributed by atoms with Gasteiger partial charge in [-0.25, -0.2) is 9.97 Å². The molecule has 0 saturated carbocycles. The van der Waals surface area contributed by atoms with Gasteiger partial charge in [0.2, 0.25) is 0 Å². The summed E-state index contributed by atoms with van der Waals surface area (Å²) < 4.78 is 10.9. The van der Waals surface area contributed by atoms with E-state index in [9.17, 15) is 0 Å². The predicted octanol–water partition coefficient (Wildman–Crippen LogP) is 3.86. The lowest BCUT2D eigenvalue weighted by molar-refractivity contribution is 0.312. The zero-order valence-electron chi connectivity index (χ0n) is 10.5. The molecule has 0 radical (unpaired) electrons. The van der Waals surface area contributed by atoms with Crippen LogP contribution in [0.3, 0.4) is 0 Å². The second-order valence-electron chi connectivity index (χ2n) is 3.61. The van der Waals surface area contributed by atoms with Gasteiger partial charge in [0.1, 0.15) is 10.3 Å². The number of nitrogens with zero attached hydrogens (tertiary/aromatic N) is 2. The minimum absolute atomic E-state index is 0.278. The zero-order valence-corrected chi connectivity index (χ0v) is 12.0. The highest BCUT2D eigenvalue weighted by atomic mass is 35.5. The fraction of sp³-hybridized carbons (Fsp3) is 0.231. The number of rotatable bonds is 4. The summed E-state index contributed by atoms with van der Waals surface area (Å²) in [4.78, 5) is 8.31. The molecule has 6 heteroatoms. The van der Waals surface area contributed by atoms with Crippen LogP contribution in [0.5, 0.6) is 11.5 Å². The number of ether oxygens (including phenoxy) is 2. The Morgan fingerprint density at radius 3 is 2.42 bits per heavy atom. The molecule has 0 bridgehead atoms. The molecule has 4 nitrogen and oxygen atoms in total. The maximum Gasteiger partial charge on any atom is 0.172 e. The van der Waals surface area contributed by atoms with Crippen LogP contribution in [-0.2, 0) is 0 Å². The van der Waals surface area contributed by atoms with Gasteiger partial charge >= 0.3 is 0 Å². The molecular formula is C13H12Cl2N2O2. The van der Waals surface area contributed by atoms with E-state index in [0.717, 1.165) is 0 Å². The highest BCUT2D eigenvalue weighted by molar-refractivity contribution is 6.33. The van der Waals surface area contributed by atoms with Crippen molar-refractivity contribution in [3.8, 4) is 22.9 Å². The van der Waals surface area contributed by atoms with Crippen molar-refractivity contribution < 1.29 is 9.47 Å². The molecule has 0 saturated heterocycles. The van der Waals surface area contributed by atoms with Crippen LogP contribution in [0.15, 0.2) is 24.3 Å². The normalized spacial score (nSPS) is 10.3. The monoisotopic (exact) mass is 298 g/mol. The van der Waals surface area contributed by atoms with Gasteiger partial charge in [0, 0.05) is 6.07 Å². The van der Waals surface area contributed by atoms with Crippen molar-refractivity contribution in [2.24, 2.45) is 0 Å². The third kappa shape index (κ3) is 3.08. The number of halogens is 2. The van der Waals surface area contributed by atoms with Crippen LogP contribution in [0.25, 0.3) is 11.4 Å². The molecule has 100 valence electrons. The van der Waals surface area contributed by atoms with Gasteiger partial charge in [-0.2, -0.15) is 0 Å². The number of methoxy groups -OCH3 is 1. The number of para-hydroxylation sites is 1. The molecule has 0 N–H and O–H groups in total. The first-order valence-electron chi connectivity index (χ1n) is 5.66. The third-order valence-electron chi connectivity index (χ3n) is 2.39. The van der Waals surface area contributed by atoms with Gasteiger partial charge in [-0.1, -0.05) is 29.3 Å². The highest BCUT2D eigenvalue weighted by Crippen LogP contribution is 2.37. The van der Waals surface area contributed by atoms with E-state index in [2.05, 4.69) is 9.97 Å². The molecule has 2 aromatic rings. The van der Waals surface area contributed by atoms with E-state index in [1.165, 1.54) is 6.07 Å². The molecule has 0 aliphatic carbocycles. The highest BCUT2D eigenvalue weighted by Gasteiger charge is 2.15. The first-order valence-corrected chi connectivity index (χ1v) is 6.41. The van der Waals surface area contributed by atoms with Crippen LogP contribution < -0.4 is 9.47 Å².